The Morgan fingerprint density at radius 2 is 1.48 bits per heavy atom. The summed E-state index contributed by atoms with van der Waals surface area (Å²) in [5.74, 6) is -2.81. The van der Waals surface area contributed by atoms with Gasteiger partial charge in [0.2, 0.25) is 23.8 Å². The molecule has 14 nitrogen and oxygen atoms in total. The molecule has 52 heavy (non-hydrogen) atoms. The van der Waals surface area contributed by atoms with Crippen LogP contribution in [-0.2, 0) is 33.4 Å². The van der Waals surface area contributed by atoms with Crippen molar-refractivity contribution in [2.24, 2.45) is 34.3 Å². The summed E-state index contributed by atoms with van der Waals surface area (Å²) in [5.41, 5.74) is 3.64. The molecule has 0 spiro atoms. The number of ketones is 1. The Labute approximate surface area is 309 Å². The summed E-state index contributed by atoms with van der Waals surface area (Å²) in [5, 5.41) is 8.30. The van der Waals surface area contributed by atoms with Gasteiger partial charge in [0, 0.05) is 19.6 Å². The van der Waals surface area contributed by atoms with Crippen molar-refractivity contribution in [3.05, 3.63) is 0 Å². The number of hydrogen-bond acceptors (Lipinski definition) is 8. The lowest BCUT2D eigenvalue weighted by atomic mass is 9.61. The highest BCUT2D eigenvalue weighted by atomic mass is 16.5. The van der Waals surface area contributed by atoms with Gasteiger partial charge in [0.1, 0.15) is 12.1 Å². The molecule has 2 heterocycles. The predicted octanol–water partition coefficient (Wildman–Crippen LogP) is 2.86. The number of nitrogens with two attached hydrogens (primary N) is 1. The number of ether oxygens (including phenoxy) is 2. The topological polar surface area (TPSA) is 189 Å². The van der Waals surface area contributed by atoms with Gasteiger partial charge in [0.25, 0.3) is 11.8 Å². The van der Waals surface area contributed by atoms with E-state index in [9.17, 15) is 28.8 Å². The number of urea groups is 1. The van der Waals surface area contributed by atoms with Crippen LogP contribution in [0.5, 0.6) is 0 Å². The number of morpholine rings is 1. The summed E-state index contributed by atoms with van der Waals surface area (Å²) in [6.07, 6.45) is 5.10. The van der Waals surface area contributed by atoms with Gasteiger partial charge in [-0.3, -0.25) is 24.0 Å². The molecule has 0 aromatic carbocycles. The number of hydrogen-bond donors (Lipinski definition) is 4. The molecule has 0 bridgehead atoms. The molecule has 2 saturated heterocycles. The second kappa shape index (κ2) is 16.4. The number of nitrogens with one attached hydrogen (secondary N) is 3. The largest absolute Gasteiger partial charge is 0.375 e. The van der Waals surface area contributed by atoms with Crippen molar-refractivity contribution in [3.8, 4) is 0 Å². The number of carbonyl (C=O) groups is 6. The molecule has 14 heteroatoms. The van der Waals surface area contributed by atoms with Crippen LogP contribution < -0.4 is 21.7 Å². The summed E-state index contributed by atoms with van der Waals surface area (Å²) in [7, 11) is 0. The Balaban J connectivity index is 1.59. The van der Waals surface area contributed by atoms with Gasteiger partial charge in [-0.15, -0.1) is 0 Å². The number of likely N-dealkylation sites (tertiary alicyclic amines) is 1. The average Bonchev–Trinajstić information content (AvgIpc) is 3.44. The molecule has 5 N–H and O–H groups in total. The Morgan fingerprint density at radius 3 is 1.98 bits per heavy atom. The van der Waals surface area contributed by atoms with Crippen LogP contribution in [0, 0.1) is 28.6 Å². The summed E-state index contributed by atoms with van der Waals surface area (Å²) >= 11 is 0. The van der Waals surface area contributed by atoms with Crippen molar-refractivity contribution in [3.63, 3.8) is 0 Å². The number of carbonyl (C=O) groups excluding carboxylic acids is 6. The quantitative estimate of drug-likeness (QED) is 0.164. The summed E-state index contributed by atoms with van der Waals surface area (Å²) in [4.78, 5) is 84.2. The van der Waals surface area contributed by atoms with Crippen LogP contribution >= 0.6 is 0 Å². The molecular weight excluding hydrogens is 668 g/mol. The molecule has 0 aromatic rings. The molecule has 2 aliphatic carbocycles. The minimum Gasteiger partial charge on any atom is -0.375 e. The van der Waals surface area contributed by atoms with E-state index in [4.69, 9.17) is 15.2 Å². The fourth-order valence-corrected chi connectivity index (χ4v) is 7.87. The van der Waals surface area contributed by atoms with Crippen molar-refractivity contribution < 1.29 is 38.2 Å². The number of rotatable bonds is 13. The summed E-state index contributed by atoms with van der Waals surface area (Å²) < 4.78 is 11.8. The Kier molecular flexibility index (Phi) is 13.1. The molecule has 4 rings (SSSR count). The molecule has 0 aromatic heterocycles. The zero-order chi connectivity index (χ0) is 38.8. The minimum absolute atomic E-state index is 0.0580. The molecule has 4 fully saturated rings. The highest BCUT2D eigenvalue weighted by Crippen LogP contribution is 2.50. The molecule has 294 valence electrons. The highest BCUT2D eigenvalue weighted by Gasteiger charge is 2.51. The molecular formula is C38H64N6O8. The third-order valence-corrected chi connectivity index (χ3v) is 11.7. The second-order valence-electron chi connectivity index (χ2n) is 18.2. The van der Waals surface area contributed by atoms with E-state index in [1.807, 2.05) is 27.7 Å². The van der Waals surface area contributed by atoms with E-state index in [-0.39, 0.29) is 35.8 Å². The normalized spacial score (nSPS) is 24.9. The van der Waals surface area contributed by atoms with Gasteiger partial charge in [-0.2, -0.15) is 0 Å². The van der Waals surface area contributed by atoms with Crippen molar-refractivity contribution in [1.82, 2.24) is 25.8 Å². The molecule has 2 aliphatic heterocycles. The van der Waals surface area contributed by atoms with Gasteiger partial charge in [0.05, 0.1) is 24.4 Å². The summed E-state index contributed by atoms with van der Waals surface area (Å²) in [6, 6.07) is -3.75. The molecule has 0 radical (unpaired) electrons. The van der Waals surface area contributed by atoms with Crippen LogP contribution in [0.3, 0.4) is 0 Å². The monoisotopic (exact) mass is 732 g/mol. The van der Waals surface area contributed by atoms with E-state index in [0.29, 0.717) is 38.5 Å². The van der Waals surface area contributed by atoms with Crippen LogP contribution in [0.4, 0.5) is 4.79 Å². The fourth-order valence-electron chi connectivity index (χ4n) is 7.87. The minimum atomic E-state index is -1.50. The lowest BCUT2D eigenvalue weighted by Crippen LogP contribution is -2.62. The van der Waals surface area contributed by atoms with Crippen LogP contribution in [0.25, 0.3) is 0 Å². The zero-order valence-corrected chi connectivity index (χ0v) is 32.8. The van der Waals surface area contributed by atoms with Gasteiger partial charge < -0.3 is 41.0 Å². The standard InChI is InChI=1S/C38H64N6O8/c1-22-20-43(16-17-51-22)33(48)29(36(2,3)4)41-35(50)42-32(52-37(5,6)7)34(49)44-21-25(38(8,9)24-14-11-15-24)19-27(44)31(47)40-26(28(45)30(39)46)18-23-12-10-13-23/h22-27,29,32H,10-21H2,1-9H3,(H2,39,46)(H,40,47)(H2,41,42,50)/t22-,25?,26?,27-,29+,32?/m0/s1. The number of amides is 6. The second-order valence-corrected chi connectivity index (χ2v) is 18.2. The highest BCUT2D eigenvalue weighted by molar-refractivity contribution is 6.37. The van der Waals surface area contributed by atoms with Crippen molar-refractivity contribution >= 4 is 35.4 Å². The van der Waals surface area contributed by atoms with Crippen LogP contribution in [0.2, 0.25) is 0 Å². The Morgan fingerprint density at radius 1 is 0.846 bits per heavy atom. The van der Waals surface area contributed by atoms with Crippen molar-refractivity contribution in [1.29, 1.82) is 0 Å². The maximum absolute atomic E-state index is 14.6. The third kappa shape index (κ3) is 10.2. The van der Waals surface area contributed by atoms with Crippen LogP contribution in [0.15, 0.2) is 0 Å². The van der Waals surface area contributed by atoms with Gasteiger partial charge >= 0.3 is 6.03 Å². The first-order valence-electron chi connectivity index (χ1n) is 19.2. The smallest absolute Gasteiger partial charge is 0.317 e. The molecule has 4 aliphatic rings. The van der Waals surface area contributed by atoms with Crippen LogP contribution in [0.1, 0.15) is 114 Å². The lowest BCUT2D eigenvalue weighted by molar-refractivity contribution is -0.158. The van der Waals surface area contributed by atoms with E-state index in [1.165, 1.54) is 4.90 Å². The van der Waals surface area contributed by atoms with Gasteiger partial charge in [-0.1, -0.05) is 60.3 Å². The van der Waals surface area contributed by atoms with Crippen LogP contribution in [-0.4, -0.2) is 108 Å². The number of Topliss-reactive ketones (excluding diaryl/α,β-unsaturated/α-hetero) is 1. The van der Waals surface area contributed by atoms with Gasteiger partial charge in [-0.05, 0) is 82.0 Å². The molecule has 3 unspecified atom stereocenters. The van der Waals surface area contributed by atoms with E-state index in [0.717, 1.165) is 38.5 Å². The predicted molar refractivity (Wildman–Crippen MR) is 194 cm³/mol. The fraction of sp³-hybridized carbons (Fsp3) is 0.842. The molecule has 6 atom stereocenters. The van der Waals surface area contributed by atoms with Crippen molar-refractivity contribution in [2.75, 3.05) is 26.2 Å². The Hall–Kier alpha value is -3.26. The molecule has 2 saturated carbocycles. The first-order valence-corrected chi connectivity index (χ1v) is 19.2. The van der Waals surface area contributed by atoms with Gasteiger partial charge in [0.15, 0.2) is 0 Å². The lowest BCUT2D eigenvalue weighted by Gasteiger charge is -2.44. The maximum Gasteiger partial charge on any atom is 0.317 e. The maximum atomic E-state index is 14.6. The summed E-state index contributed by atoms with van der Waals surface area (Å²) in [6.45, 7) is 18.5. The first kappa shape index (κ1) is 41.5. The Bertz CT molecular complexity index is 1350. The van der Waals surface area contributed by atoms with E-state index < -0.39 is 64.9 Å². The van der Waals surface area contributed by atoms with Gasteiger partial charge in [-0.25, -0.2) is 4.79 Å². The number of primary amides is 1. The van der Waals surface area contributed by atoms with E-state index in [1.54, 1.807) is 25.7 Å². The number of nitrogens with zero attached hydrogens (tertiary/aromatic N) is 2. The third-order valence-electron chi connectivity index (χ3n) is 11.7. The van der Waals surface area contributed by atoms with E-state index >= 15 is 0 Å². The van der Waals surface area contributed by atoms with Crippen molar-refractivity contribution in [2.45, 2.75) is 150 Å². The zero-order valence-electron chi connectivity index (χ0n) is 32.8. The van der Waals surface area contributed by atoms with E-state index in [2.05, 4.69) is 29.8 Å². The first-order chi connectivity index (χ1) is 24.1. The SMILES string of the molecule is C[C@H]1CN(C(=O)[C@@H](NC(=O)NC(OC(C)(C)C)C(=O)N2CC(C(C)(C)C3CCC3)C[C@H]2C(=O)NC(CC2CCC2)C(=O)C(N)=O)C(C)(C)C)CCO1. The molecule has 6 amide bonds. The average molecular weight is 733 g/mol.